The second kappa shape index (κ2) is 7.55. The first-order chi connectivity index (χ1) is 13.2. The van der Waals surface area contributed by atoms with E-state index in [-0.39, 0.29) is 22.7 Å². The number of hydrogen-bond acceptors (Lipinski definition) is 6. The molecule has 7 nitrogen and oxygen atoms in total. The van der Waals surface area contributed by atoms with Crippen molar-refractivity contribution in [2.75, 3.05) is 5.32 Å². The number of benzene rings is 2. The third-order valence-electron chi connectivity index (χ3n) is 4.46. The van der Waals surface area contributed by atoms with E-state index in [1.54, 1.807) is 38.1 Å². The van der Waals surface area contributed by atoms with Crippen LogP contribution in [-0.4, -0.2) is 29.8 Å². The van der Waals surface area contributed by atoms with Crippen molar-refractivity contribution >= 4 is 21.8 Å². The highest BCUT2D eigenvalue weighted by Gasteiger charge is 2.19. The van der Waals surface area contributed by atoms with Crippen LogP contribution in [0.5, 0.6) is 0 Å². The van der Waals surface area contributed by atoms with Gasteiger partial charge in [-0.05, 0) is 75.2 Å². The van der Waals surface area contributed by atoms with Crippen LogP contribution < -0.4 is 5.32 Å². The van der Waals surface area contributed by atoms with Gasteiger partial charge in [-0.2, -0.15) is 0 Å². The predicted octanol–water partition coefficient (Wildman–Crippen LogP) is 3.79. The van der Waals surface area contributed by atoms with E-state index in [4.69, 9.17) is 4.42 Å². The lowest BCUT2D eigenvalue weighted by atomic mass is 10.1. The molecule has 0 saturated heterocycles. The number of nitrogens with zero attached hydrogens (tertiary/aromatic N) is 2. The Morgan fingerprint density at radius 1 is 1.00 bits per heavy atom. The molecule has 0 fully saturated rings. The molecule has 146 valence electrons. The van der Waals surface area contributed by atoms with Crippen LogP contribution in [0.4, 0.5) is 6.01 Å². The highest BCUT2D eigenvalue weighted by Crippen LogP contribution is 2.23. The van der Waals surface area contributed by atoms with Crippen molar-refractivity contribution in [1.29, 1.82) is 0 Å². The summed E-state index contributed by atoms with van der Waals surface area (Å²) in [6.07, 6.45) is 0. The number of nitrogens with one attached hydrogen (secondary N) is 1. The Balaban J connectivity index is 1.77. The van der Waals surface area contributed by atoms with Gasteiger partial charge < -0.3 is 4.42 Å². The van der Waals surface area contributed by atoms with Gasteiger partial charge in [0.1, 0.15) is 0 Å². The van der Waals surface area contributed by atoms with Gasteiger partial charge in [0.2, 0.25) is 5.89 Å². The van der Waals surface area contributed by atoms with Crippen LogP contribution >= 0.6 is 0 Å². The maximum Gasteiger partial charge on any atom is 0.322 e. The lowest BCUT2D eigenvalue weighted by molar-refractivity contribution is 0.102. The fraction of sp³-hybridized carbons (Fsp3) is 0.250. The van der Waals surface area contributed by atoms with E-state index >= 15 is 0 Å². The number of carbonyl (C=O) groups is 1. The molecule has 2 aromatic carbocycles. The summed E-state index contributed by atoms with van der Waals surface area (Å²) in [7, 11) is -3.35. The molecule has 1 amide bonds. The maximum absolute atomic E-state index is 12.3. The third-order valence-corrected chi connectivity index (χ3v) is 6.64. The third kappa shape index (κ3) is 3.96. The van der Waals surface area contributed by atoms with Crippen LogP contribution in [0.15, 0.2) is 51.8 Å². The van der Waals surface area contributed by atoms with Crippen LogP contribution in [0.2, 0.25) is 0 Å². The molecule has 3 rings (SSSR count). The molecule has 0 unspecified atom stereocenters. The van der Waals surface area contributed by atoms with Crippen LogP contribution in [0.1, 0.15) is 35.3 Å². The minimum absolute atomic E-state index is 0.0305. The molecule has 0 aliphatic heterocycles. The van der Waals surface area contributed by atoms with Gasteiger partial charge in [-0.1, -0.05) is 11.2 Å². The Morgan fingerprint density at radius 3 is 2.29 bits per heavy atom. The van der Waals surface area contributed by atoms with Gasteiger partial charge >= 0.3 is 6.01 Å². The van der Waals surface area contributed by atoms with Crippen LogP contribution in [0.3, 0.4) is 0 Å². The average Bonchev–Trinajstić information content (AvgIpc) is 3.12. The van der Waals surface area contributed by atoms with E-state index in [0.717, 1.165) is 11.1 Å². The fourth-order valence-corrected chi connectivity index (χ4v) is 3.56. The fourth-order valence-electron chi connectivity index (χ4n) is 2.50. The minimum atomic E-state index is -3.35. The SMILES string of the molecule is Cc1ccc(C(=O)Nc2nnc(-c3ccc(S(=O)(=O)C(C)C)cc3)o2)cc1C. The van der Waals surface area contributed by atoms with Gasteiger partial charge in [-0.25, -0.2) is 8.42 Å². The Morgan fingerprint density at radius 2 is 1.68 bits per heavy atom. The predicted molar refractivity (Wildman–Crippen MR) is 106 cm³/mol. The smallest absolute Gasteiger partial charge is 0.322 e. The highest BCUT2D eigenvalue weighted by atomic mass is 32.2. The lowest BCUT2D eigenvalue weighted by Gasteiger charge is -2.07. The van der Waals surface area contributed by atoms with Gasteiger partial charge in [0, 0.05) is 11.1 Å². The summed E-state index contributed by atoms with van der Waals surface area (Å²) in [5.74, 6) is -0.166. The van der Waals surface area contributed by atoms with Crippen molar-refractivity contribution in [2.24, 2.45) is 0 Å². The summed E-state index contributed by atoms with van der Waals surface area (Å²) in [5, 5.41) is 9.81. The molecule has 0 aliphatic rings. The summed E-state index contributed by atoms with van der Waals surface area (Å²) in [6, 6.07) is 11.5. The molecule has 0 atom stereocenters. The molecule has 1 aromatic heterocycles. The molecule has 0 spiro atoms. The van der Waals surface area contributed by atoms with E-state index in [0.29, 0.717) is 11.1 Å². The number of aryl methyl sites for hydroxylation is 2. The molecule has 1 heterocycles. The Kier molecular flexibility index (Phi) is 5.33. The molecular formula is C20H21N3O4S. The first-order valence-electron chi connectivity index (χ1n) is 8.75. The summed E-state index contributed by atoms with van der Waals surface area (Å²) in [5.41, 5.74) is 3.16. The number of aromatic nitrogens is 2. The van der Waals surface area contributed by atoms with Crippen molar-refractivity contribution in [3.05, 3.63) is 59.2 Å². The largest absolute Gasteiger partial charge is 0.403 e. The number of hydrogen-bond donors (Lipinski definition) is 1. The maximum atomic E-state index is 12.3. The van der Waals surface area contributed by atoms with Crippen molar-refractivity contribution < 1.29 is 17.6 Å². The van der Waals surface area contributed by atoms with Crippen molar-refractivity contribution in [2.45, 2.75) is 37.8 Å². The van der Waals surface area contributed by atoms with E-state index < -0.39 is 15.1 Å². The molecule has 0 bridgehead atoms. The van der Waals surface area contributed by atoms with Crippen molar-refractivity contribution in [3.63, 3.8) is 0 Å². The van der Waals surface area contributed by atoms with Crippen LogP contribution in [0.25, 0.3) is 11.5 Å². The quantitative estimate of drug-likeness (QED) is 0.700. The summed E-state index contributed by atoms with van der Waals surface area (Å²) in [4.78, 5) is 12.6. The topological polar surface area (TPSA) is 102 Å². The molecule has 0 saturated carbocycles. The Bertz CT molecular complexity index is 1120. The number of carbonyl (C=O) groups excluding carboxylic acids is 1. The molecule has 8 heteroatoms. The zero-order valence-corrected chi connectivity index (χ0v) is 16.9. The first-order valence-corrected chi connectivity index (χ1v) is 10.3. The minimum Gasteiger partial charge on any atom is -0.403 e. The van der Waals surface area contributed by atoms with E-state index in [9.17, 15) is 13.2 Å². The first kappa shape index (κ1) is 19.8. The molecule has 28 heavy (non-hydrogen) atoms. The normalized spacial score (nSPS) is 11.6. The second-order valence-electron chi connectivity index (χ2n) is 6.78. The van der Waals surface area contributed by atoms with Crippen molar-refractivity contribution in [1.82, 2.24) is 10.2 Å². The van der Waals surface area contributed by atoms with E-state index in [2.05, 4.69) is 15.5 Å². The second-order valence-corrected chi connectivity index (χ2v) is 9.29. The average molecular weight is 399 g/mol. The standard InChI is InChI=1S/C20H21N3O4S/c1-12(2)28(25,26)17-9-7-15(8-10-17)19-22-23-20(27-19)21-18(24)16-6-5-13(3)14(4)11-16/h5-12H,1-4H3,(H,21,23,24). The summed E-state index contributed by atoms with van der Waals surface area (Å²) >= 11 is 0. The number of sulfone groups is 1. The van der Waals surface area contributed by atoms with Crippen LogP contribution in [-0.2, 0) is 9.84 Å². The number of rotatable bonds is 5. The monoisotopic (exact) mass is 399 g/mol. The molecule has 0 radical (unpaired) electrons. The zero-order valence-electron chi connectivity index (χ0n) is 16.1. The van der Waals surface area contributed by atoms with Gasteiger partial charge in [-0.15, -0.1) is 5.10 Å². The number of amides is 1. The van der Waals surface area contributed by atoms with Crippen molar-refractivity contribution in [3.8, 4) is 11.5 Å². The molecule has 0 aliphatic carbocycles. The summed E-state index contributed by atoms with van der Waals surface area (Å²) < 4.78 is 29.9. The zero-order chi connectivity index (χ0) is 20.5. The van der Waals surface area contributed by atoms with Gasteiger partial charge in [0.25, 0.3) is 5.91 Å². The van der Waals surface area contributed by atoms with Crippen LogP contribution in [0, 0.1) is 13.8 Å². The van der Waals surface area contributed by atoms with Gasteiger partial charge in [0.15, 0.2) is 9.84 Å². The highest BCUT2D eigenvalue weighted by molar-refractivity contribution is 7.92. The molecule has 3 aromatic rings. The van der Waals surface area contributed by atoms with Gasteiger partial charge in [0.05, 0.1) is 10.1 Å². The lowest BCUT2D eigenvalue weighted by Crippen LogP contribution is -2.13. The summed E-state index contributed by atoms with van der Waals surface area (Å²) in [6.45, 7) is 7.16. The number of anilines is 1. The Hall–Kier alpha value is -3.00. The van der Waals surface area contributed by atoms with E-state index in [1.807, 2.05) is 19.9 Å². The molecule has 1 N–H and O–H groups in total. The van der Waals surface area contributed by atoms with Gasteiger partial charge in [-0.3, -0.25) is 10.1 Å². The molecular weight excluding hydrogens is 378 g/mol. The van der Waals surface area contributed by atoms with E-state index in [1.165, 1.54) is 12.1 Å². The Labute approximate surface area is 163 Å².